The van der Waals surface area contributed by atoms with Gasteiger partial charge in [-0.3, -0.25) is 0 Å². The number of carboxylic acids is 1. The highest BCUT2D eigenvalue weighted by atomic mass is 19.1. The van der Waals surface area contributed by atoms with Crippen LogP contribution in [-0.4, -0.2) is 17.2 Å². The number of allylic oxidation sites excluding steroid dienone is 1. The molecule has 0 spiro atoms. The van der Waals surface area contributed by atoms with Crippen LogP contribution in [0.15, 0.2) is 12.2 Å². The molecule has 2 unspecified atom stereocenters. The number of hydrogen-bond donors (Lipinski definition) is 1. The summed E-state index contributed by atoms with van der Waals surface area (Å²) in [6, 6.07) is 0. The SMILES string of the molecule is O=C(O)/C=C/C1CCCCC1F. The second-order valence-electron chi connectivity index (χ2n) is 3.16. The molecule has 12 heavy (non-hydrogen) atoms. The number of halogens is 1. The van der Waals surface area contributed by atoms with E-state index in [1.54, 1.807) is 0 Å². The molecule has 1 aliphatic carbocycles. The maximum absolute atomic E-state index is 13.1. The first kappa shape index (κ1) is 9.23. The molecule has 2 nitrogen and oxygen atoms in total. The molecule has 68 valence electrons. The average Bonchev–Trinajstić information content (AvgIpc) is 2.03. The molecule has 0 aromatic rings. The summed E-state index contributed by atoms with van der Waals surface area (Å²) < 4.78 is 13.1. The molecule has 0 aliphatic heterocycles. The molecule has 1 fully saturated rings. The topological polar surface area (TPSA) is 37.3 Å². The Morgan fingerprint density at radius 2 is 2.08 bits per heavy atom. The quantitative estimate of drug-likeness (QED) is 0.648. The second kappa shape index (κ2) is 4.24. The third kappa shape index (κ3) is 2.64. The number of alkyl halides is 1. The fraction of sp³-hybridized carbons (Fsp3) is 0.667. The van der Waals surface area contributed by atoms with E-state index in [-0.39, 0.29) is 5.92 Å². The average molecular weight is 172 g/mol. The van der Waals surface area contributed by atoms with Gasteiger partial charge in [-0.15, -0.1) is 0 Å². The molecular weight excluding hydrogens is 159 g/mol. The van der Waals surface area contributed by atoms with Gasteiger partial charge in [-0.2, -0.15) is 0 Å². The van der Waals surface area contributed by atoms with Crippen LogP contribution in [0.25, 0.3) is 0 Å². The fourth-order valence-corrected chi connectivity index (χ4v) is 1.54. The summed E-state index contributed by atoms with van der Waals surface area (Å²) in [7, 11) is 0. The molecule has 0 aromatic carbocycles. The zero-order valence-corrected chi connectivity index (χ0v) is 6.87. The van der Waals surface area contributed by atoms with E-state index in [1.807, 2.05) is 0 Å². The maximum atomic E-state index is 13.1. The summed E-state index contributed by atoms with van der Waals surface area (Å²) in [5, 5.41) is 8.32. The van der Waals surface area contributed by atoms with Crippen molar-refractivity contribution >= 4 is 5.97 Å². The number of hydrogen-bond acceptors (Lipinski definition) is 1. The molecule has 3 heteroatoms. The lowest BCUT2D eigenvalue weighted by molar-refractivity contribution is -0.131. The first-order valence-corrected chi connectivity index (χ1v) is 4.25. The van der Waals surface area contributed by atoms with Crippen LogP contribution < -0.4 is 0 Å². The fourth-order valence-electron chi connectivity index (χ4n) is 1.54. The van der Waals surface area contributed by atoms with Crippen LogP contribution in [0.5, 0.6) is 0 Å². The molecule has 2 atom stereocenters. The van der Waals surface area contributed by atoms with Gasteiger partial charge in [0.05, 0.1) is 0 Å². The Bertz CT molecular complexity index is 189. The van der Waals surface area contributed by atoms with E-state index in [1.165, 1.54) is 6.08 Å². The summed E-state index contributed by atoms with van der Waals surface area (Å²) in [5.74, 6) is -1.16. The number of aliphatic carboxylic acids is 1. The highest BCUT2D eigenvalue weighted by Crippen LogP contribution is 2.27. The van der Waals surface area contributed by atoms with Crippen molar-refractivity contribution in [1.82, 2.24) is 0 Å². The monoisotopic (exact) mass is 172 g/mol. The highest BCUT2D eigenvalue weighted by Gasteiger charge is 2.22. The molecule has 0 saturated heterocycles. The van der Waals surface area contributed by atoms with E-state index in [2.05, 4.69) is 0 Å². The van der Waals surface area contributed by atoms with Crippen LogP contribution >= 0.6 is 0 Å². The number of carboxylic acid groups (broad SMARTS) is 1. The Morgan fingerprint density at radius 3 is 2.67 bits per heavy atom. The van der Waals surface area contributed by atoms with E-state index in [0.29, 0.717) is 6.42 Å². The first-order valence-electron chi connectivity index (χ1n) is 4.25. The zero-order chi connectivity index (χ0) is 8.97. The van der Waals surface area contributed by atoms with Crippen molar-refractivity contribution in [2.45, 2.75) is 31.9 Å². The molecule has 0 aromatic heterocycles. The Balaban J connectivity index is 2.43. The van der Waals surface area contributed by atoms with E-state index in [0.717, 1.165) is 25.3 Å². The molecule has 1 rings (SSSR count). The van der Waals surface area contributed by atoms with Crippen LogP contribution in [0.1, 0.15) is 25.7 Å². The minimum atomic E-state index is -0.993. The second-order valence-corrected chi connectivity index (χ2v) is 3.16. The van der Waals surface area contributed by atoms with Crippen molar-refractivity contribution in [2.75, 3.05) is 0 Å². The number of rotatable bonds is 2. The predicted octanol–water partition coefficient (Wildman–Crippen LogP) is 2.16. The summed E-state index contributed by atoms with van der Waals surface area (Å²) in [6.07, 6.45) is 4.98. The van der Waals surface area contributed by atoms with Crippen LogP contribution in [0.2, 0.25) is 0 Å². The van der Waals surface area contributed by atoms with Gasteiger partial charge in [0.15, 0.2) is 0 Å². The molecule has 0 heterocycles. The molecule has 0 amide bonds. The van der Waals surface area contributed by atoms with Crippen molar-refractivity contribution in [2.24, 2.45) is 5.92 Å². The lowest BCUT2D eigenvalue weighted by Gasteiger charge is -2.22. The Morgan fingerprint density at radius 1 is 1.42 bits per heavy atom. The van der Waals surface area contributed by atoms with Crippen molar-refractivity contribution in [1.29, 1.82) is 0 Å². The maximum Gasteiger partial charge on any atom is 0.327 e. The summed E-state index contributed by atoms with van der Waals surface area (Å²) in [5.41, 5.74) is 0. The minimum absolute atomic E-state index is 0.171. The third-order valence-corrected chi connectivity index (χ3v) is 2.22. The van der Waals surface area contributed by atoms with Gasteiger partial charge < -0.3 is 5.11 Å². The molecule has 1 aliphatic rings. The summed E-state index contributed by atoms with van der Waals surface area (Å²) in [6.45, 7) is 0. The van der Waals surface area contributed by atoms with E-state index in [9.17, 15) is 9.18 Å². The van der Waals surface area contributed by atoms with Gasteiger partial charge in [0.25, 0.3) is 0 Å². The van der Waals surface area contributed by atoms with E-state index in [4.69, 9.17) is 5.11 Å². The van der Waals surface area contributed by atoms with Gasteiger partial charge in [-0.05, 0) is 12.8 Å². The van der Waals surface area contributed by atoms with E-state index >= 15 is 0 Å². The van der Waals surface area contributed by atoms with Gasteiger partial charge in [-0.25, -0.2) is 9.18 Å². The summed E-state index contributed by atoms with van der Waals surface area (Å²) in [4.78, 5) is 10.1. The summed E-state index contributed by atoms with van der Waals surface area (Å²) >= 11 is 0. The number of carbonyl (C=O) groups is 1. The van der Waals surface area contributed by atoms with Crippen molar-refractivity contribution in [3.63, 3.8) is 0 Å². The lowest BCUT2D eigenvalue weighted by Crippen LogP contribution is -2.18. The van der Waals surface area contributed by atoms with Crippen LogP contribution in [0, 0.1) is 5.92 Å². The van der Waals surface area contributed by atoms with Crippen LogP contribution in [0.3, 0.4) is 0 Å². The van der Waals surface area contributed by atoms with Gasteiger partial charge >= 0.3 is 5.97 Å². The Labute approximate surface area is 71.1 Å². The van der Waals surface area contributed by atoms with Gasteiger partial charge in [0, 0.05) is 12.0 Å². The van der Waals surface area contributed by atoms with Crippen molar-refractivity contribution < 1.29 is 14.3 Å². The van der Waals surface area contributed by atoms with Crippen molar-refractivity contribution in [3.8, 4) is 0 Å². The zero-order valence-electron chi connectivity index (χ0n) is 6.87. The molecular formula is C9H13FO2. The van der Waals surface area contributed by atoms with Crippen LogP contribution in [-0.2, 0) is 4.79 Å². The minimum Gasteiger partial charge on any atom is -0.478 e. The smallest absolute Gasteiger partial charge is 0.327 e. The normalized spacial score (nSPS) is 30.8. The van der Waals surface area contributed by atoms with Crippen LogP contribution in [0.4, 0.5) is 4.39 Å². The van der Waals surface area contributed by atoms with Gasteiger partial charge in [0.1, 0.15) is 6.17 Å². The Kier molecular flexibility index (Phi) is 3.26. The largest absolute Gasteiger partial charge is 0.478 e. The first-order chi connectivity index (χ1) is 5.70. The molecule has 0 radical (unpaired) electrons. The standard InChI is InChI=1S/C9H13FO2/c10-8-4-2-1-3-7(8)5-6-9(11)12/h5-8H,1-4H2,(H,11,12)/b6-5+. The lowest BCUT2D eigenvalue weighted by atomic mass is 9.87. The van der Waals surface area contributed by atoms with Gasteiger partial charge in [-0.1, -0.05) is 18.9 Å². The Hall–Kier alpha value is -0.860. The van der Waals surface area contributed by atoms with E-state index < -0.39 is 12.1 Å². The highest BCUT2D eigenvalue weighted by molar-refractivity contribution is 5.79. The molecule has 1 N–H and O–H groups in total. The van der Waals surface area contributed by atoms with Gasteiger partial charge in [0.2, 0.25) is 0 Å². The predicted molar refractivity (Wildman–Crippen MR) is 43.6 cm³/mol. The molecule has 0 bridgehead atoms. The third-order valence-electron chi connectivity index (χ3n) is 2.22. The van der Waals surface area contributed by atoms with Crippen molar-refractivity contribution in [3.05, 3.63) is 12.2 Å². The molecule has 1 saturated carbocycles.